The van der Waals surface area contributed by atoms with Crippen molar-refractivity contribution in [3.8, 4) is 0 Å². The molecule has 3 heterocycles. The Balaban J connectivity index is 1.50. The number of aliphatic hydroxyl groups is 1. The highest BCUT2D eigenvalue weighted by Crippen LogP contribution is 2.51. The molecule has 0 aliphatic carbocycles. The number of rotatable bonds is 8. The Bertz CT molecular complexity index is 1290. The lowest BCUT2D eigenvalue weighted by molar-refractivity contribution is -0.255. The van der Waals surface area contributed by atoms with Gasteiger partial charge in [-0.2, -0.15) is 0 Å². The van der Waals surface area contributed by atoms with Crippen molar-refractivity contribution in [1.29, 1.82) is 0 Å². The van der Waals surface area contributed by atoms with E-state index in [-0.39, 0.29) is 19.8 Å². The Morgan fingerprint density at radius 3 is 2.42 bits per heavy atom. The van der Waals surface area contributed by atoms with Gasteiger partial charge in [-0.25, -0.2) is 4.79 Å². The molecule has 190 valence electrons. The Morgan fingerprint density at radius 1 is 1.06 bits per heavy atom. The van der Waals surface area contributed by atoms with E-state index in [1.807, 2.05) is 60.7 Å². The van der Waals surface area contributed by atoms with Crippen LogP contribution in [0.2, 0.25) is 0 Å². The third kappa shape index (κ3) is 4.44. The predicted molar refractivity (Wildman–Crippen MR) is 130 cm³/mol. The van der Waals surface area contributed by atoms with E-state index in [0.717, 1.165) is 11.1 Å². The number of nitrogens with one attached hydrogen (secondary N) is 1. The summed E-state index contributed by atoms with van der Waals surface area (Å²) < 4.78 is 26.1. The van der Waals surface area contributed by atoms with Crippen LogP contribution in [0.15, 0.2) is 76.4 Å². The van der Waals surface area contributed by atoms with Crippen LogP contribution >= 0.6 is 0 Å². The molecule has 3 aromatic rings. The average Bonchev–Trinajstić information content (AvgIpc) is 3.15. The second-order valence-electron chi connectivity index (χ2n) is 9.37. The van der Waals surface area contributed by atoms with Gasteiger partial charge < -0.3 is 24.1 Å². The maximum absolute atomic E-state index is 12.7. The van der Waals surface area contributed by atoms with E-state index in [9.17, 15) is 14.7 Å². The number of hydrogen-bond donors (Lipinski definition) is 2. The molecule has 1 aromatic heterocycles. The van der Waals surface area contributed by atoms with Gasteiger partial charge in [0.2, 0.25) is 0 Å². The van der Waals surface area contributed by atoms with Crippen LogP contribution in [-0.4, -0.2) is 51.8 Å². The molecule has 9 heteroatoms. The van der Waals surface area contributed by atoms with E-state index in [1.165, 1.54) is 10.8 Å². The lowest BCUT2D eigenvalue weighted by Gasteiger charge is -2.47. The third-order valence-corrected chi connectivity index (χ3v) is 7.02. The summed E-state index contributed by atoms with van der Waals surface area (Å²) in [4.78, 5) is 27.0. The number of aryl methyl sites for hydroxylation is 1. The Kier molecular flexibility index (Phi) is 6.92. The molecule has 2 N–H and O–H groups in total. The normalized spacial score (nSPS) is 27.6. The first-order valence-corrected chi connectivity index (χ1v) is 12.0. The zero-order chi connectivity index (χ0) is 25.2. The number of benzene rings is 2. The predicted octanol–water partition coefficient (Wildman–Crippen LogP) is 2.07. The lowest BCUT2D eigenvalue weighted by atomic mass is 9.77. The summed E-state index contributed by atoms with van der Waals surface area (Å²) in [6.07, 6.45) is -0.598. The quantitative estimate of drug-likeness (QED) is 0.493. The highest BCUT2D eigenvalue weighted by atomic mass is 16.6. The topological polar surface area (TPSA) is 112 Å². The first-order chi connectivity index (χ1) is 17.4. The van der Waals surface area contributed by atoms with E-state index >= 15 is 0 Å². The van der Waals surface area contributed by atoms with Gasteiger partial charge in [-0.15, -0.1) is 0 Å². The molecule has 3 unspecified atom stereocenters. The van der Waals surface area contributed by atoms with Crippen LogP contribution in [0.4, 0.5) is 0 Å². The van der Waals surface area contributed by atoms with Crippen LogP contribution in [0.25, 0.3) is 0 Å². The van der Waals surface area contributed by atoms with Gasteiger partial charge in [0.25, 0.3) is 5.56 Å². The van der Waals surface area contributed by atoms with Gasteiger partial charge in [0.1, 0.15) is 17.3 Å². The van der Waals surface area contributed by atoms with Crippen LogP contribution in [0.5, 0.6) is 0 Å². The number of aromatic nitrogens is 2. The molecule has 2 aromatic carbocycles. The van der Waals surface area contributed by atoms with Gasteiger partial charge >= 0.3 is 5.69 Å². The van der Waals surface area contributed by atoms with Crippen molar-refractivity contribution in [2.24, 2.45) is 0 Å². The van der Waals surface area contributed by atoms with Crippen molar-refractivity contribution in [2.45, 2.75) is 50.1 Å². The Hall–Kier alpha value is -3.08. The minimum atomic E-state index is -1.23. The van der Waals surface area contributed by atoms with Gasteiger partial charge in [0.15, 0.2) is 6.23 Å². The van der Waals surface area contributed by atoms with Crippen LogP contribution in [0.3, 0.4) is 0 Å². The summed E-state index contributed by atoms with van der Waals surface area (Å²) in [6.45, 7) is 2.68. The van der Waals surface area contributed by atoms with E-state index in [4.69, 9.17) is 18.9 Å². The molecular formula is C27H30N2O7. The van der Waals surface area contributed by atoms with Crippen molar-refractivity contribution in [3.05, 3.63) is 104 Å². The van der Waals surface area contributed by atoms with Crippen molar-refractivity contribution in [1.82, 2.24) is 9.55 Å². The molecule has 0 spiro atoms. The zero-order valence-corrected chi connectivity index (χ0v) is 20.1. The van der Waals surface area contributed by atoms with Gasteiger partial charge in [0.05, 0.1) is 26.4 Å². The fourth-order valence-corrected chi connectivity index (χ4v) is 5.05. The molecule has 0 amide bonds. The molecule has 2 aliphatic rings. The smallest absolute Gasteiger partial charge is 0.330 e. The van der Waals surface area contributed by atoms with Gasteiger partial charge in [-0.05, 0) is 18.1 Å². The van der Waals surface area contributed by atoms with Gasteiger partial charge in [-0.1, -0.05) is 60.7 Å². The second-order valence-corrected chi connectivity index (χ2v) is 9.37. The van der Waals surface area contributed by atoms with Gasteiger partial charge in [-0.3, -0.25) is 14.3 Å². The summed E-state index contributed by atoms with van der Waals surface area (Å²) in [5.74, 6) is 0. The highest BCUT2D eigenvalue weighted by molar-refractivity contribution is 5.19. The molecular weight excluding hydrogens is 464 g/mol. The highest BCUT2D eigenvalue weighted by Gasteiger charge is 2.68. The van der Waals surface area contributed by atoms with E-state index in [0.29, 0.717) is 25.2 Å². The number of hydrogen-bond acceptors (Lipinski definition) is 7. The summed E-state index contributed by atoms with van der Waals surface area (Å²) in [6, 6.07) is 19.4. The first kappa shape index (κ1) is 24.6. The average molecular weight is 495 g/mol. The molecule has 2 aliphatic heterocycles. The fraction of sp³-hybridized carbons (Fsp3) is 0.407. The number of ether oxygens (including phenoxy) is 4. The third-order valence-electron chi connectivity index (χ3n) is 7.02. The molecule has 2 saturated heterocycles. The van der Waals surface area contributed by atoms with E-state index in [1.54, 1.807) is 6.92 Å². The molecule has 2 fully saturated rings. The summed E-state index contributed by atoms with van der Waals surface area (Å²) in [7, 11) is 0. The minimum absolute atomic E-state index is 0.0708. The number of nitrogens with zero attached hydrogens (tertiary/aromatic N) is 1. The lowest BCUT2D eigenvalue weighted by Crippen LogP contribution is -2.65. The monoisotopic (exact) mass is 494 g/mol. The molecule has 0 bridgehead atoms. The maximum atomic E-state index is 12.7. The zero-order valence-electron chi connectivity index (χ0n) is 20.1. The van der Waals surface area contributed by atoms with Crippen LogP contribution < -0.4 is 11.2 Å². The van der Waals surface area contributed by atoms with Crippen LogP contribution in [0, 0.1) is 6.92 Å². The number of H-pyrrole nitrogens is 1. The minimum Gasteiger partial charge on any atom is -0.385 e. The number of aliphatic hydroxyl groups excluding tert-OH is 1. The van der Waals surface area contributed by atoms with Crippen molar-refractivity contribution in [2.75, 3.05) is 19.8 Å². The Labute approximate surface area is 208 Å². The maximum Gasteiger partial charge on any atom is 0.330 e. The van der Waals surface area contributed by atoms with Crippen molar-refractivity contribution < 1.29 is 24.1 Å². The van der Waals surface area contributed by atoms with E-state index < -0.39 is 34.8 Å². The van der Waals surface area contributed by atoms with E-state index in [2.05, 4.69) is 4.98 Å². The van der Waals surface area contributed by atoms with Crippen molar-refractivity contribution in [3.63, 3.8) is 0 Å². The standard InChI is InChI=1S/C27H30N2O7/c1-19-14-29(25(32)28-23(19)31)24-22(30)27(35-16-21-10-6-3-7-11-21)12-13-33-17-26(27,36-24)18-34-15-20-8-4-2-5-9-20/h2-11,14,22,24,30H,12-13,15-18H2,1H3,(H,28,31,32)/t22?,24-,26?,27?/m1/s1. The number of fused-ring (bicyclic) bond motifs is 1. The largest absolute Gasteiger partial charge is 0.385 e. The number of aromatic amines is 1. The molecule has 4 atom stereocenters. The van der Waals surface area contributed by atoms with Crippen LogP contribution in [-0.2, 0) is 32.2 Å². The SMILES string of the molecule is Cc1cn([C@@H]2OC3(COCc4ccccc4)COCCC3(OCc3ccccc3)C2O)c(=O)[nH]c1=O. The summed E-state index contributed by atoms with van der Waals surface area (Å²) in [5.41, 5.74) is -1.32. The molecule has 0 radical (unpaired) electrons. The van der Waals surface area contributed by atoms with Crippen LogP contribution in [0.1, 0.15) is 29.3 Å². The fourth-order valence-electron chi connectivity index (χ4n) is 5.05. The summed E-state index contributed by atoms with van der Waals surface area (Å²) >= 11 is 0. The summed E-state index contributed by atoms with van der Waals surface area (Å²) in [5, 5.41) is 11.7. The van der Waals surface area contributed by atoms with Gasteiger partial charge in [0, 0.05) is 24.8 Å². The molecule has 9 nitrogen and oxygen atoms in total. The van der Waals surface area contributed by atoms with Crippen molar-refractivity contribution >= 4 is 0 Å². The molecule has 0 saturated carbocycles. The second kappa shape index (κ2) is 10.1. The molecule has 36 heavy (non-hydrogen) atoms. The first-order valence-electron chi connectivity index (χ1n) is 12.0. The Morgan fingerprint density at radius 2 is 1.72 bits per heavy atom. The molecule has 5 rings (SSSR count).